The maximum Gasteiger partial charge on any atom is 0.326 e. The fourth-order valence-corrected chi connectivity index (χ4v) is 4.51. The lowest BCUT2D eigenvalue weighted by Crippen LogP contribution is -2.44. The van der Waals surface area contributed by atoms with Crippen LogP contribution in [0.5, 0.6) is 0 Å². The van der Waals surface area contributed by atoms with Gasteiger partial charge in [0, 0.05) is 31.5 Å². The number of unbranched alkanes of at least 4 members (excludes halogenated alkanes) is 1. The number of carbonyl (C=O) groups is 2. The van der Waals surface area contributed by atoms with Gasteiger partial charge in [-0.15, -0.1) is 0 Å². The number of ether oxygens (including phenoxy) is 1. The molecule has 3 N–H and O–H groups in total. The van der Waals surface area contributed by atoms with Gasteiger partial charge >= 0.3 is 5.97 Å². The van der Waals surface area contributed by atoms with Gasteiger partial charge in [0.15, 0.2) is 5.82 Å². The second-order valence-electron chi connectivity index (χ2n) is 9.24. The van der Waals surface area contributed by atoms with Crippen LogP contribution in [0.25, 0.3) is 0 Å². The van der Waals surface area contributed by atoms with E-state index in [2.05, 4.69) is 26.7 Å². The third kappa shape index (κ3) is 9.94. The van der Waals surface area contributed by atoms with Gasteiger partial charge in [0.1, 0.15) is 18.5 Å². The van der Waals surface area contributed by atoms with Gasteiger partial charge in [0.05, 0.1) is 23.4 Å². The molecule has 13 heteroatoms. The molecule has 0 saturated carbocycles. The molecule has 0 aliphatic carbocycles. The van der Waals surface area contributed by atoms with Crippen LogP contribution in [-0.2, 0) is 22.4 Å². The highest BCUT2D eigenvalue weighted by molar-refractivity contribution is 6.33. The van der Waals surface area contributed by atoms with Crippen molar-refractivity contribution in [1.29, 1.82) is 0 Å². The van der Waals surface area contributed by atoms with Crippen molar-refractivity contribution in [1.82, 2.24) is 20.2 Å². The van der Waals surface area contributed by atoms with Crippen molar-refractivity contribution in [3.8, 4) is 0 Å². The molecule has 1 unspecified atom stereocenters. The van der Waals surface area contributed by atoms with E-state index in [1.54, 1.807) is 0 Å². The Bertz CT molecular complexity index is 1090. The van der Waals surface area contributed by atoms with Gasteiger partial charge in [-0.3, -0.25) is 9.78 Å². The number of alkyl halides is 2. The predicted octanol–water partition coefficient (Wildman–Crippen LogP) is 3.81. The third-order valence-corrected chi connectivity index (χ3v) is 6.61. The third-order valence-electron chi connectivity index (χ3n) is 6.32. The summed E-state index contributed by atoms with van der Waals surface area (Å²) < 4.78 is 43.9. The summed E-state index contributed by atoms with van der Waals surface area (Å²) in [6, 6.07) is 2.81. The first-order valence-electron chi connectivity index (χ1n) is 12.9. The number of nitrogens with zero attached hydrogens (tertiary/aromatic N) is 3. The Kier molecular flexibility index (Phi) is 12.2. The first kappa shape index (κ1) is 30.6. The molecule has 2 aromatic heterocycles. The summed E-state index contributed by atoms with van der Waals surface area (Å²) in [4.78, 5) is 34.5. The molecule has 9 nitrogen and oxygen atoms in total. The minimum absolute atomic E-state index is 0.00170. The largest absolute Gasteiger partial charge is 0.480 e. The molecule has 3 heterocycles. The second kappa shape index (κ2) is 15.6. The van der Waals surface area contributed by atoms with E-state index in [-0.39, 0.29) is 24.6 Å². The van der Waals surface area contributed by atoms with Crippen LogP contribution in [0.4, 0.5) is 19.0 Å². The van der Waals surface area contributed by atoms with Gasteiger partial charge in [-0.25, -0.2) is 22.9 Å². The van der Waals surface area contributed by atoms with Gasteiger partial charge < -0.3 is 25.4 Å². The van der Waals surface area contributed by atoms with Gasteiger partial charge in [0.25, 0.3) is 12.3 Å². The molecule has 39 heavy (non-hydrogen) atoms. The van der Waals surface area contributed by atoms with Crippen LogP contribution in [0.2, 0.25) is 5.02 Å². The SMILES string of the molecule is O=C(NC(CCN(CCCCc1ccc2c(n1)NCCC2)CCOCC(F)F)C(=O)O)c1c(F)cncc1Cl. The zero-order valence-electron chi connectivity index (χ0n) is 21.5. The number of aromatic nitrogens is 2. The highest BCUT2D eigenvalue weighted by Crippen LogP contribution is 2.20. The number of amides is 1. The minimum atomic E-state index is -2.58. The van der Waals surface area contributed by atoms with Crippen LogP contribution in [0, 0.1) is 5.82 Å². The number of hydrogen-bond acceptors (Lipinski definition) is 7. The maximum atomic E-state index is 14.0. The first-order valence-corrected chi connectivity index (χ1v) is 13.3. The van der Waals surface area contributed by atoms with E-state index in [0.717, 1.165) is 62.6 Å². The molecule has 1 aliphatic rings. The van der Waals surface area contributed by atoms with E-state index in [0.29, 0.717) is 13.1 Å². The standard InChI is InChI=1S/C26H33ClF3N5O4/c27-19-14-31-15-20(28)23(19)25(36)34-21(26(37)38)8-11-35(12-13-39-16-22(29)30)10-2-1-5-18-7-6-17-4-3-9-32-24(17)33-18/h6-7,14-15,21-22H,1-5,8-13,16H2,(H,32,33)(H,34,36)(H,37,38). The van der Waals surface area contributed by atoms with Crippen LogP contribution in [0.1, 0.15) is 47.3 Å². The molecule has 1 aliphatic heterocycles. The normalized spacial score (nSPS) is 13.7. The Balaban J connectivity index is 1.53. The van der Waals surface area contributed by atoms with Crippen LogP contribution >= 0.6 is 11.6 Å². The van der Waals surface area contributed by atoms with Crippen molar-refractivity contribution in [2.45, 2.75) is 51.0 Å². The Morgan fingerprint density at radius 2 is 2.03 bits per heavy atom. The molecular formula is C26H33ClF3N5O4. The number of aryl methyl sites for hydroxylation is 2. The summed E-state index contributed by atoms with van der Waals surface area (Å²) in [5, 5.41) is 15.0. The number of carboxylic acid groups (broad SMARTS) is 1. The Hall–Kier alpha value is -2.96. The van der Waals surface area contributed by atoms with Crippen molar-refractivity contribution >= 4 is 29.3 Å². The maximum absolute atomic E-state index is 14.0. The lowest BCUT2D eigenvalue weighted by atomic mass is 10.1. The van der Waals surface area contributed by atoms with Crippen molar-refractivity contribution in [2.75, 3.05) is 44.7 Å². The number of carboxylic acids is 1. The van der Waals surface area contributed by atoms with Crippen LogP contribution < -0.4 is 10.6 Å². The highest BCUT2D eigenvalue weighted by atomic mass is 35.5. The molecule has 1 amide bonds. The van der Waals surface area contributed by atoms with E-state index in [1.165, 1.54) is 5.56 Å². The molecule has 0 saturated heterocycles. The monoisotopic (exact) mass is 571 g/mol. The quantitative estimate of drug-likeness (QED) is 0.261. The molecule has 214 valence electrons. The first-order chi connectivity index (χ1) is 18.7. The van der Waals surface area contributed by atoms with Crippen LogP contribution in [0.15, 0.2) is 24.5 Å². The topological polar surface area (TPSA) is 117 Å². The number of anilines is 1. The van der Waals surface area contributed by atoms with Crippen molar-refractivity contribution in [2.24, 2.45) is 0 Å². The number of aliphatic carboxylic acids is 1. The molecule has 0 bridgehead atoms. The number of rotatable bonds is 16. The summed E-state index contributed by atoms with van der Waals surface area (Å²) in [6.45, 7) is 1.38. The Morgan fingerprint density at radius 3 is 2.77 bits per heavy atom. The molecule has 2 aromatic rings. The van der Waals surface area contributed by atoms with Gasteiger partial charge in [-0.2, -0.15) is 0 Å². The zero-order chi connectivity index (χ0) is 28.2. The predicted molar refractivity (Wildman–Crippen MR) is 140 cm³/mol. The number of hydrogen-bond donors (Lipinski definition) is 3. The number of fused-ring (bicyclic) bond motifs is 1. The van der Waals surface area contributed by atoms with Crippen molar-refractivity contribution in [3.05, 3.63) is 52.2 Å². The summed E-state index contributed by atoms with van der Waals surface area (Å²) in [5.74, 6) is -2.29. The van der Waals surface area contributed by atoms with Gasteiger partial charge in [-0.1, -0.05) is 17.7 Å². The van der Waals surface area contributed by atoms with Crippen LogP contribution in [-0.4, -0.2) is 83.7 Å². The number of halogens is 4. The fraction of sp³-hybridized carbons (Fsp3) is 0.538. The van der Waals surface area contributed by atoms with E-state index in [9.17, 15) is 27.9 Å². The lowest BCUT2D eigenvalue weighted by Gasteiger charge is -2.24. The second-order valence-corrected chi connectivity index (χ2v) is 9.64. The lowest BCUT2D eigenvalue weighted by molar-refractivity contribution is -0.139. The summed E-state index contributed by atoms with van der Waals surface area (Å²) in [6.07, 6.45) is 3.76. The zero-order valence-corrected chi connectivity index (χ0v) is 22.2. The Morgan fingerprint density at radius 1 is 1.21 bits per heavy atom. The summed E-state index contributed by atoms with van der Waals surface area (Å²) in [7, 11) is 0. The highest BCUT2D eigenvalue weighted by Gasteiger charge is 2.25. The van der Waals surface area contributed by atoms with Gasteiger partial charge in [-0.05, 0) is 56.7 Å². The smallest absolute Gasteiger partial charge is 0.326 e. The average Bonchev–Trinajstić information content (AvgIpc) is 2.90. The molecular weight excluding hydrogens is 539 g/mol. The molecule has 0 aromatic carbocycles. The number of carbonyl (C=O) groups excluding carboxylic acids is 1. The number of nitrogens with one attached hydrogen (secondary N) is 2. The van der Waals surface area contributed by atoms with E-state index >= 15 is 0 Å². The number of pyridine rings is 2. The van der Waals surface area contributed by atoms with Crippen molar-refractivity contribution in [3.63, 3.8) is 0 Å². The van der Waals surface area contributed by atoms with E-state index in [1.807, 2.05) is 11.0 Å². The fourth-order valence-electron chi connectivity index (χ4n) is 4.28. The molecule has 1 atom stereocenters. The summed E-state index contributed by atoms with van der Waals surface area (Å²) >= 11 is 5.86. The van der Waals surface area contributed by atoms with Gasteiger partial charge in [0.2, 0.25) is 0 Å². The van der Waals surface area contributed by atoms with E-state index < -0.39 is 42.3 Å². The summed E-state index contributed by atoms with van der Waals surface area (Å²) in [5.41, 5.74) is 1.71. The Labute approximate surface area is 230 Å². The molecule has 0 fully saturated rings. The molecule has 0 spiro atoms. The van der Waals surface area contributed by atoms with Crippen LogP contribution in [0.3, 0.4) is 0 Å². The average molecular weight is 572 g/mol. The molecule has 3 rings (SSSR count). The molecule has 0 radical (unpaired) electrons. The minimum Gasteiger partial charge on any atom is -0.480 e. The van der Waals surface area contributed by atoms with E-state index in [4.69, 9.17) is 16.3 Å². The van der Waals surface area contributed by atoms with Crippen molar-refractivity contribution < 1.29 is 32.6 Å².